The van der Waals surface area contributed by atoms with Crippen molar-refractivity contribution in [3.05, 3.63) is 71.3 Å². The molecule has 1 aliphatic heterocycles. The van der Waals surface area contributed by atoms with Crippen LogP contribution in [0.2, 0.25) is 0 Å². The summed E-state index contributed by atoms with van der Waals surface area (Å²) in [5.74, 6) is 0. The molecule has 2 heteroatoms. The molecule has 1 nitrogen and oxygen atoms in total. The summed E-state index contributed by atoms with van der Waals surface area (Å²) in [7, 11) is 0. The summed E-state index contributed by atoms with van der Waals surface area (Å²) < 4.78 is 0. The molecule has 18 heavy (non-hydrogen) atoms. The Balaban J connectivity index is 0.00000120. The molecule has 1 heterocycles. The highest BCUT2D eigenvalue weighted by atomic mass is 35.5. The molecular formula is C16H18ClN. The van der Waals surface area contributed by atoms with Crippen LogP contribution in [0.3, 0.4) is 0 Å². The van der Waals surface area contributed by atoms with E-state index in [2.05, 4.69) is 59.9 Å². The van der Waals surface area contributed by atoms with Crippen molar-refractivity contribution in [2.24, 2.45) is 0 Å². The normalized spacial score (nSPS) is 17.7. The predicted molar refractivity (Wildman–Crippen MR) is 78.3 cm³/mol. The van der Waals surface area contributed by atoms with Crippen molar-refractivity contribution in [1.82, 2.24) is 5.32 Å². The van der Waals surface area contributed by atoms with Gasteiger partial charge in [0.1, 0.15) is 0 Å². The minimum absolute atomic E-state index is 0. The van der Waals surface area contributed by atoms with Gasteiger partial charge in [-0.2, -0.15) is 0 Å². The van der Waals surface area contributed by atoms with Crippen molar-refractivity contribution < 1.29 is 0 Å². The van der Waals surface area contributed by atoms with Crippen LogP contribution in [0.5, 0.6) is 0 Å². The van der Waals surface area contributed by atoms with Crippen molar-refractivity contribution in [2.75, 3.05) is 6.54 Å². The van der Waals surface area contributed by atoms with E-state index in [9.17, 15) is 0 Å². The largest absolute Gasteiger partial charge is 0.309 e. The molecular weight excluding hydrogens is 242 g/mol. The van der Waals surface area contributed by atoms with E-state index in [0.717, 1.165) is 19.4 Å². The second-order valence-electron chi connectivity index (χ2n) is 4.65. The molecule has 2 aromatic rings. The van der Waals surface area contributed by atoms with Crippen LogP contribution in [0.1, 0.15) is 22.7 Å². The molecule has 94 valence electrons. The van der Waals surface area contributed by atoms with Gasteiger partial charge in [-0.3, -0.25) is 0 Å². The van der Waals surface area contributed by atoms with Crippen LogP contribution in [0.25, 0.3) is 0 Å². The number of nitrogens with one attached hydrogen (secondary N) is 1. The summed E-state index contributed by atoms with van der Waals surface area (Å²) in [6.45, 7) is 1.09. The van der Waals surface area contributed by atoms with Crippen LogP contribution >= 0.6 is 12.4 Å². The first-order chi connectivity index (χ1) is 8.43. The third-order valence-electron chi connectivity index (χ3n) is 3.50. The lowest BCUT2D eigenvalue weighted by molar-refractivity contribution is 0.502. The molecule has 0 spiro atoms. The number of halogens is 1. The maximum absolute atomic E-state index is 3.62. The first kappa shape index (κ1) is 13.1. The third-order valence-corrected chi connectivity index (χ3v) is 3.50. The molecule has 0 amide bonds. The fourth-order valence-corrected chi connectivity index (χ4v) is 2.62. The number of hydrogen-bond acceptors (Lipinski definition) is 1. The van der Waals surface area contributed by atoms with Gasteiger partial charge in [-0.15, -0.1) is 12.4 Å². The lowest BCUT2D eigenvalue weighted by Crippen LogP contribution is -2.31. The van der Waals surface area contributed by atoms with Gasteiger partial charge in [0.05, 0.1) is 0 Å². The van der Waals surface area contributed by atoms with Crippen LogP contribution in [0.4, 0.5) is 0 Å². The van der Waals surface area contributed by atoms with E-state index < -0.39 is 0 Å². The van der Waals surface area contributed by atoms with E-state index in [1.165, 1.54) is 16.7 Å². The molecule has 0 saturated heterocycles. The summed E-state index contributed by atoms with van der Waals surface area (Å²) >= 11 is 0. The van der Waals surface area contributed by atoms with E-state index in [0.29, 0.717) is 6.04 Å². The highest BCUT2D eigenvalue weighted by molar-refractivity contribution is 5.85. The molecule has 0 bridgehead atoms. The standard InChI is InChI=1S/C16H17N.ClH/c1-2-6-13(7-3-1)12-16-15-9-5-4-8-14(15)10-11-17-16;/h1-9,16-17H,10-12H2;1H. The summed E-state index contributed by atoms with van der Waals surface area (Å²) in [6.07, 6.45) is 2.24. The van der Waals surface area contributed by atoms with Crippen molar-refractivity contribution >= 4 is 12.4 Å². The van der Waals surface area contributed by atoms with Crippen LogP contribution < -0.4 is 5.32 Å². The first-order valence-electron chi connectivity index (χ1n) is 6.28. The molecule has 2 aromatic carbocycles. The zero-order valence-electron chi connectivity index (χ0n) is 10.3. The Bertz CT molecular complexity index is 495. The molecule has 0 fully saturated rings. The van der Waals surface area contributed by atoms with Gasteiger partial charge in [0, 0.05) is 6.04 Å². The van der Waals surface area contributed by atoms with E-state index >= 15 is 0 Å². The smallest absolute Gasteiger partial charge is 0.0363 e. The second kappa shape index (κ2) is 6.03. The monoisotopic (exact) mass is 259 g/mol. The molecule has 1 atom stereocenters. The topological polar surface area (TPSA) is 12.0 Å². The zero-order chi connectivity index (χ0) is 11.5. The Morgan fingerprint density at radius 3 is 2.50 bits per heavy atom. The van der Waals surface area contributed by atoms with Crippen LogP contribution in [-0.2, 0) is 12.8 Å². The second-order valence-corrected chi connectivity index (χ2v) is 4.65. The lowest BCUT2D eigenvalue weighted by atomic mass is 9.90. The average molecular weight is 260 g/mol. The SMILES string of the molecule is Cl.c1ccc(CC2NCCc3ccccc32)cc1. The summed E-state index contributed by atoms with van der Waals surface area (Å²) in [6, 6.07) is 20.0. The Morgan fingerprint density at radius 1 is 0.944 bits per heavy atom. The van der Waals surface area contributed by atoms with Crippen LogP contribution in [0.15, 0.2) is 54.6 Å². The summed E-state index contributed by atoms with van der Waals surface area (Å²) in [5, 5.41) is 3.62. The number of rotatable bonds is 2. The fraction of sp³-hybridized carbons (Fsp3) is 0.250. The maximum Gasteiger partial charge on any atom is 0.0363 e. The van der Waals surface area contributed by atoms with Gasteiger partial charge in [0.15, 0.2) is 0 Å². The molecule has 3 rings (SSSR count). The Morgan fingerprint density at radius 2 is 1.67 bits per heavy atom. The van der Waals surface area contributed by atoms with E-state index in [4.69, 9.17) is 0 Å². The first-order valence-corrected chi connectivity index (χ1v) is 6.28. The predicted octanol–water partition coefficient (Wildman–Crippen LogP) is 3.54. The van der Waals surface area contributed by atoms with Gasteiger partial charge in [-0.05, 0) is 36.1 Å². The average Bonchev–Trinajstić information content (AvgIpc) is 2.40. The molecule has 0 aromatic heterocycles. The third kappa shape index (κ3) is 2.74. The Hall–Kier alpha value is -1.31. The van der Waals surface area contributed by atoms with Crippen molar-refractivity contribution in [1.29, 1.82) is 0 Å². The lowest BCUT2D eigenvalue weighted by Gasteiger charge is -2.27. The summed E-state index contributed by atoms with van der Waals surface area (Å²) in [4.78, 5) is 0. The van der Waals surface area contributed by atoms with Gasteiger partial charge >= 0.3 is 0 Å². The maximum atomic E-state index is 3.62. The quantitative estimate of drug-likeness (QED) is 0.870. The molecule has 1 unspecified atom stereocenters. The van der Waals surface area contributed by atoms with E-state index in [1.807, 2.05) is 0 Å². The highest BCUT2D eigenvalue weighted by Gasteiger charge is 2.18. The minimum atomic E-state index is 0. The van der Waals surface area contributed by atoms with E-state index in [1.54, 1.807) is 0 Å². The van der Waals surface area contributed by atoms with Crippen LogP contribution in [0, 0.1) is 0 Å². The van der Waals surface area contributed by atoms with Crippen LogP contribution in [-0.4, -0.2) is 6.54 Å². The fourth-order valence-electron chi connectivity index (χ4n) is 2.62. The van der Waals surface area contributed by atoms with Crippen molar-refractivity contribution in [3.8, 4) is 0 Å². The molecule has 0 radical (unpaired) electrons. The van der Waals surface area contributed by atoms with Gasteiger partial charge in [0.2, 0.25) is 0 Å². The van der Waals surface area contributed by atoms with Gasteiger partial charge in [-0.25, -0.2) is 0 Å². The Kier molecular flexibility index (Phi) is 4.40. The zero-order valence-corrected chi connectivity index (χ0v) is 11.1. The molecule has 0 aliphatic carbocycles. The summed E-state index contributed by atoms with van der Waals surface area (Å²) in [5.41, 5.74) is 4.39. The van der Waals surface area contributed by atoms with Crippen molar-refractivity contribution in [2.45, 2.75) is 18.9 Å². The van der Waals surface area contributed by atoms with Gasteiger partial charge in [0.25, 0.3) is 0 Å². The molecule has 1 N–H and O–H groups in total. The van der Waals surface area contributed by atoms with Crippen molar-refractivity contribution in [3.63, 3.8) is 0 Å². The Labute approximate surface area is 115 Å². The van der Waals surface area contributed by atoms with E-state index in [-0.39, 0.29) is 12.4 Å². The molecule has 1 aliphatic rings. The number of benzene rings is 2. The van der Waals surface area contributed by atoms with Gasteiger partial charge in [-0.1, -0.05) is 54.6 Å². The number of hydrogen-bond donors (Lipinski definition) is 1. The highest BCUT2D eigenvalue weighted by Crippen LogP contribution is 2.25. The minimum Gasteiger partial charge on any atom is -0.309 e. The molecule has 0 saturated carbocycles. The van der Waals surface area contributed by atoms with Gasteiger partial charge < -0.3 is 5.32 Å². The number of fused-ring (bicyclic) bond motifs is 1.